The Balaban J connectivity index is 1.62. The van der Waals surface area contributed by atoms with E-state index in [1.54, 1.807) is 11.6 Å². The molecular formula is C21H22Cl2N2O2. The Kier molecular flexibility index (Phi) is 6.91. The van der Waals surface area contributed by atoms with Crippen molar-refractivity contribution in [2.45, 2.75) is 25.3 Å². The number of hydroxylamine groups is 1. The van der Waals surface area contributed by atoms with Crippen molar-refractivity contribution >= 4 is 35.2 Å². The second-order valence-electron chi connectivity index (χ2n) is 6.67. The molecule has 0 aromatic heterocycles. The fraction of sp³-hybridized carbons (Fsp3) is 0.286. The first-order chi connectivity index (χ1) is 13.1. The van der Waals surface area contributed by atoms with E-state index in [-0.39, 0.29) is 0 Å². The maximum atomic E-state index is 11.1. The third-order valence-electron chi connectivity index (χ3n) is 4.89. The first-order valence-corrected chi connectivity index (χ1v) is 9.72. The van der Waals surface area contributed by atoms with Crippen molar-refractivity contribution in [1.82, 2.24) is 10.4 Å². The van der Waals surface area contributed by atoms with Crippen LogP contribution in [0, 0.1) is 0 Å². The molecule has 0 radical (unpaired) electrons. The van der Waals surface area contributed by atoms with Crippen molar-refractivity contribution in [3.8, 4) is 0 Å². The van der Waals surface area contributed by atoms with E-state index in [0.29, 0.717) is 16.1 Å². The van der Waals surface area contributed by atoms with Crippen molar-refractivity contribution in [3.05, 3.63) is 75.3 Å². The van der Waals surface area contributed by atoms with Gasteiger partial charge in [-0.2, -0.15) is 0 Å². The normalized spacial score (nSPS) is 17.5. The second-order valence-corrected chi connectivity index (χ2v) is 7.48. The highest BCUT2D eigenvalue weighted by molar-refractivity contribution is 6.42. The van der Waals surface area contributed by atoms with Gasteiger partial charge in [0.1, 0.15) is 0 Å². The van der Waals surface area contributed by atoms with E-state index >= 15 is 0 Å². The molecule has 2 aromatic rings. The van der Waals surface area contributed by atoms with Crippen LogP contribution in [0.1, 0.15) is 35.6 Å². The summed E-state index contributed by atoms with van der Waals surface area (Å²) in [5.41, 5.74) is 4.98. The first-order valence-electron chi connectivity index (χ1n) is 8.97. The summed E-state index contributed by atoms with van der Waals surface area (Å²) in [7, 11) is 0. The molecule has 0 aliphatic carbocycles. The number of likely N-dealkylation sites (tertiary alicyclic amines) is 1. The molecule has 1 saturated heterocycles. The zero-order valence-electron chi connectivity index (χ0n) is 14.9. The Hall–Kier alpha value is -1.85. The van der Waals surface area contributed by atoms with Crippen molar-refractivity contribution in [3.63, 3.8) is 0 Å². The number of carbonyl (C=O) groups excluding carboxylic acids is 1. The smallest absolute Gasteiger partial charge is 0.267 e. The minimum absolute atomic E-state index is 0.409. The van der Waals surface area contributed by atoms with Gasteiger partial charge in [-0.05, 0) is 60.7 Å². The molecule has 0 saturated carbocycles. The summed E-state index contributed by atoms with van der Waals surface area (Å²) in [5, 5.41) is 9.71. The maximum absolute atomic E-state index is 11.1. The maximum Gasteiger partial charge on any atom is 0.267 e. The highest BCUT2D eigenvalue weighted by Gasteiger charge is 2.25. The third-order valence-corrected chi connectivity index (χ3v) is 5.63. The lowest BCUT2D eigenvalue weighted by molar-refractivity contribution is -0.124. The number of amides is 1. The summed E-state index contributed by atoms with van der Waals surface area (Å²) >= 11 is 12.1. The molecule has 0 spiro atoms. The number of hydrogen-bond acceptors (Lipinski definition) is 3. The number of rotatable bonds is 6. The van der Waals surface area contributed by atoms with Gasteiger partial charge >= 0.3 is 0 Å². The van der Waals surface area contributed by atoms with Gasteiger partial charge in [0.15, 0.2) is 0 Å². The van der Waals surface area contributed by atoms with E-state index in [0.717, 1.165) is 31.5 Å². The van der Waals surface area contributed by atoms with E-state index in [1.165, 1.54) is 23.6 Å². The van der Waals surface area contributed by atoms with Gasteiger partial charge in [0, 0.05) is 18.7 Å². The number of halogens is 2. The van der Waals surface area contributed by atoms with Crippen LogP contribution in [0.3, 0.4) is 0 Å². The van der Waals surface area contributed by atoms with Gasteiger partial charge in [0.2, 0.25) is 0 Å². The first kappa shape index (κ1) is 19.9. The number of benzene rings is 2. The lowest BCUT2D eigenvalue weighted by Crippen LogP contribution is -2.25. The van der Waals surface area contributed by atoms with Gasteiger partial charge in [0.25, 0.3) is 5.91 Å². The third kappa shape index (κ3) is 5.33. The van der Waals surface area contributed by atoms with Crippen LogP contribution in [0.5, 0.6) is 0 Å². The summed E-state index contributed by atoms with van der Waals surface area (Å²) < 4.78 is 0. The van der Waals surface area contributed by atoms with E-state index < -0.39 is 5.91 Å². The zero-order chi connectivity index (χ0) is 19.2. The molecule has 1 amide bonds. The Morgan fingerprint density at radius 3 is 2.67 bits per heavy atom. The molecule has 4 nitrogen and oxygen atoms in total. The Bertz CT molecular complexity index is 821. The lowest BCUT2D eigenvalue weighted by atomic mass is 10.0. The van der Waals surface area contributed by atoms with Gasteiger partial charge in [0.05, 0.1) is 10.0 Å². The van der Waals surface area contributed by atoms with Crippen LogP contribution < -0.4 is 5.48 Å². The molecule has 2 N–H and O–H groups in total. The summed E-state index contributed by atoms with van der Waals surface area (Å²) in [6.45, 7) is 2.06. The summed E-state index contributed by atoms with van der Waals surface area (Å²) in [6, 6.07) is 14.4. The molecule has 1 fully saturated rings. The van der Waals surface area contributed by atoms with Crippen LogP contribution in [0.4, 0.5) is 0 Å². The SMILES string of the molecule is O=C(/C=C/c1ccc(C2CCCN2CCc2ccc(Cl)c(Cl)c2)cc1)NO. The van der Waals surface area contributed by atoms with E-state index in [1.807, 2.05) is 30.3 Å². The molecule has 1 atom stereocenters. The van der Waals surface area contributed by atoms with E-state index in [4.69, 9.17) is 28.4 Å². The van der Waals surface area contributed by atoms with Crippen LogP contribution in [-0.4, -0.2) is 29.1 Å². The molecule has 1 unspecified atom stereocenters. The predicted octanol–water partition coefficient (Wildman–Crippen LogP) is 4.89. The van der Waals surface area contributed by atoms with Crippen LogP contribution in [0.15, 0.2) is 48.5 Å². The lowest BCUT2D eigenvalue weighted by Gasteiger charge is -2.25. The van der Waals surface area contributed by atoms with Gasteiger partial charge in [-0.1, -0.05) is 53.5 Å². The van der Waals surface area contributed by atoms with Crippen molar-refractivity contribution in [1.29, 1.82) is 0 Å². The van der Waals surface area contributed by atoms with Crippen LogP contribution >= 0.6 is 23.2 Å². The van der Waals surface area contributed by atoms with Gasteiger partial charge in [-0.15, -0.1) is 0 Å². The Labute approximate surface area is 169 Å². The van der Waals surface area contributed by atoms with E-state index in [9.17, 15) is 4.79 Å². The Morgan fingerprint density at radius 1 is 1.19 bits per heavy atom. The molecule has 1 aliphatic rings. The highest BCUT2D eigenvalue weighted by atomic mass is 35.5. The van der Waals surface area contributed by atoms with Crippen molar-refractivity contribution in [2.24, 2.45) is 0 Å². The number of nitrogens with zero attached hydrogens (tertiary/aromatic N) is 1. The molecular weight excluding hydrogens is 383 g/mol. The molecule has 3 rings (SSSR count). The van der Waals surface area contributed by atoms with Gasteiger partial charge in [-0.3, -0.25) is 14.9 Å². The van der Waals surface area contributed by atoms with Crippen molar-refractivity contribution < 1.29 is 10.0 Å². The molecule has 0 bridgehead atoms. The average Bonchev–Trinajstić information content (AvgIpc) is 3.16. The Morgan fingerprint density at radius 2 is 1.96 bits per heavy atom. The molecule has 1 heterocycles. The fourth-order valence-electron chi connectivity index (χ4n) is 3.48. The quantitative estimate of drug-likeness (QED) is 0.409. The standard InChI is InChI=1S/C21H22Cl2N2O2/c22-18-9-5-16(14-19(18)23)11-13-25-12-1-2-20(25)17-7-3-15(4-8-17)6-10-21(26)24-27/h3-10,14,20,27H,1-2,11-13H2,(H,24,26)/b10-6+. The van der Waals surface area contributed by atoms with E-state index in [2.05, 4.69) is 17.0 Å². The predicted molar refractivity (Wildman–Crippen MR) is 109 cm³/mol. The molecule has 6 heteroatoms. The monoisotopic (exact) mass is 404 g/mol. The minimum atomic E-state index is -0.539. The topological polar surface area (TPSA) is 52.6 Å². The minimum Gasteiger partial charge on any atom is -0.296 e. The molecule has 2 aromatic carbocycles. The molecule has 142 valence electrons. The summed E-state index contributed by atoms with van der Waals surface area (Å²) in [4.78, 5) is 13.6. The van der Waals surface area contributed by atoms with Crippen LogP contribution in [0.25, 0.3) is 6.08 Å². The van der Waals surface area contributed by atoms with Crippen LogP contribution in [-0.2, 0) is 11.2 Å². The zero-order valence-corrected chi connectivity index (χ0v) is 16.4. The largest absolute Gasteiger partial charge is 0.296 e. The average molecular weight is 405 g/mol. The summed E-state index contributed by atoms with van der Waals surface area (Å²) in [5.74, 6) is -0.539. The van der Waals surface area contributed by atoms with Crippen LogP contribution in [0.2, 0.25) is 10.0 Å². The fourth-order valence-corrected chi connectivity index (χ4v) is 3.80. The number of nitrogens with one attached hydrogen (secondary N) is 1. The molecule has 27 heavy (non-hydrogen) atoms. The highest BCUT2D eigenvalue weighted by Crippen LogP contribution is 2.32. The number of hydrogen-bond donors (Lipinski definition) is 2. The van der Waals surface area contributed by atoms with Gasteiger partial charge < -0.3 is 0 Å². The van der Waals surface area contributed by atoms with Crippen molar-refractivity contribution in [2.75, 3.05) is 13.1 Å². The second kappa shape index (κ2) is 9.38. The summed E-state index contributed by atoms with van der Waals surface area (Å²) in [6.07, 6.45) is 6.23. The van der Waals surface area contributed by atoms with Gasteiger partial charge in [-0.25, -0.2) is 5.48 Å². The number of carbonyl (C=O) groups is 1. The molecule has 1 aliphatic heterocycles.